The number of halogens is 2. The van der Waals surface area contributed by atoms with Gasteiger partial charge in [0.25, 0.3) is 20.1 Å². The summed E-state index contributed by atoms with van der Waals surface area (Å²) in [4.78, 5) is 39.1. The van der Waals surface area contributed by atoms with E-state index in [0.29, 0.717) is 11.3 Å². The van der Waals surface area contributed by atoms with Crippen molar-refractivity contribution in [3.8, 4) is 5.75 Å². The molecule has 1 aromatic carbocycles. The minimum absolute atomic E-state index is 0.0863. The quantitative estimate of drug-likeness (QED) is 0.229. The molecule has 3 atom stereocenters. The van der Waals surface area contributed by atoms with Gasteiger partial charge in [-0.25, -0.2) is 4.79 Å². The summed E-state index contributed by atoms with van der Waals surface area (Å²) in [5, 5.41) is 2.01. The number of carbonyl (C=O) groups is 3. The van der Waals surface area contributed by atoms with Crippen LogP contribution in [0.4, 0.5) is 0 Å². The lowest BCUT2D eigenvalue weighted by Crippen LogP contribution is -2.75. The highest BCUT2D eigenvalue weighted by Gasteiger charge is 2.61. The molecule has 8 nitrogen and oxygen atoms in total. The molecule has 0 aromatic heterocycles. The highest BCUT2D eigenvalue weighted by molar-refractivity contribution is 9.09. The van der Waals surface area contributed by atoms with Crippen LogP contribution in [0.25, 0.3) is 0 Å². The second kappa shape index (κ2) is 9.95. The number of rotatable bonds is 8. The zero-order valence-electron chi connectivity index (χ0n) is 16.9. The second-order valence-electron chi connectivity index (χ2n) is 7.64. The Hall–Kier alpha value is -1.53. The number of hydrogen-bond donors (Lipinski definition) is 1. The maximum atomic E-state index is 12.8. The minimum atomic E-state index is -2.45. The van der Waals surface area contributed by atoms with Gasteiger partial charge in [-0.15, -0.1) is 11.6 Å². The minimum Gasteiger partial charge on any atom is -0.614 e. The van der Waals surface area contributed by atoms with E-state index in [1.807, 2.05) is 6.07 Å². The Morgan fingerprint density at radius 2 is 2.03 bits per heavy atom. The Morgan fingerprint density at radius 3 is 2.65 bits per heavy atom. The molecule has 2 amide bonds. The topological polar surface area (TPSA) is 108 Å². The average molecular weight is 550 g/mol. The van der Waals surface area contributed by atoms with Crippen LogP contribution in [0, 0.1) is 0 Å². The lowest BCUT2D eigenvalue weighted by Gasteiger charge is -2.49. The molecule has 3 rings (SSSR count). The molecule has 168 valence electrons. The maximum Gasteiger partial charge on any atom is 0.342 e. The van der Waals surface area contributed by atoms with Gasteiger partial charge in [-0.2, -0.15) is 0 Å². The summed E-state index contributed by atoms with van der Waals surface area (Å²) in [6.45, 7) is 3.29. The summed E-state index contributed by atoms with van der Waals surface area (Å²) in [7, 11) is -2.45. The van der Waals surface area contributed by atoms with E-state index in [0.717, 1.165) is 0 Å². The van der Waals surface area contributed by atoms with Crippen molar-refractivity contribution in [2.75, 3.05) is 23.2 Å². The molecule has 1 fully saturated rings. The van der Waals surface area contributed by atoms with E-state index in [-0.39, 0.29) is 28.9 Å². The first-order valence-electron chi connectivity index (χ1n) is 9.43. The molecule has 0 bridgehead atoms. The molecule has 0 aliphatic carbocycles. The van der Waals surface area contributed by atoms with Gasteiger partial charge in [0, 0.05) is 10.9 Å². The Morgan fingerprint density at radius 1 is 1.35 bits per heavy atom. The molecule has 1 N–H and O–H groups in total. The number of nitrogens with zero attached hydrogens (tertiary/aromatic N) is 1. The van der Waals surface area contributed by atoms with Crippen LogP contribution in [-0.2, 0) is 30.0 Å². The lowest BCUT2D eigenvalue weighted by molar-refractivity contribution is -0.150. The molecule has 2 aliphatic heterocycles. The molecule has 2 unspecified atom stereocenters. The summed E-state index contributed by atoms with van der Waals surface area (Å²) in [5.74, 6) is -1.07. The summed E-state index contributed by atoms with van der Waals surface area (Å²) in [6.07, 6.45) is 0. The highest BCUT2D eigenvalue weighted by atomic mass is 79.9. The molecule has 1 aromatic rings. The normalized spacial score (nSPS) is 23.1. The third-order valence-corrected chi connectivity index (χ3v) is 10.3. The third-order valence-electron chi connectivity index (χ3n) is 4.68. The van der Waals surface area contributed by atoms with E-state index in [1.165, 1.54) is 4.90 Å². The largest absolute Gasteiger partial charge is 0.614 e. The summed E-state index contributed by atoms with van der Waals surface area (Å²) < 4.78 is 23.7. The average Bonchev–Trinajstić information content (AvgIpc) is 2.75. The van der Waals surface area contributed by atoms with Crippen LogP contribution in [0.15, 0.2) is 41.6 Å². The van der Waals surface area contributed by atoms with Gasteiger partial charge in [-0.05, 0) is 36.4 Å². The summed E-state index contributed by atoms with van der Waals surface area (Å²) >= 11 is 7.71. The van der Waals surface area contributed by atoms with E-state index in [4.69, 9.17) is 20.8 Å². The molecule has 0 radical (unpaired) electrons. The fourth-order valence-corrected chi connectivity index (χ4v) is 6.38. The monoisotopic (exact) mass is 548 g/mol. The van der Waals surface area contributed by atoms with Gasteiger partial charge in [0.15, 0.2) is 12.6 Å². The van der Waals surface area contributed by atoms with Gasteiger partial charge < -0.3 is 19.0 Å². The summed E-state index contributed by atoms with van der Waals surface area (Å²) in [5.41, 5.74) is 0.812. The van der Waals surface area contributed by atoms with Crippen LogP contribution >= 0.6 is 27.5 Å². The lowest BCUT2D eigenvalue weighted by atomic mass is 10.0. The smallest absolute Gasteiger partial charge is 0.342 e. The number of fused-ring (bicyclic) bond motifs is 1. The van der Waals surface area contributed by atoms with Gasteiger partial charge in [0.2, 0.25) is 5.37 Å². The Kier molecular flexibility index (Phi) is 7.74. The van der Waals surface area contributed by atoms with E-state index >= 15 is 0 Å². The van der Waals surface area contributed by atoms with Crippen molar-refractivity contribution in [3.63, 3.8) is 0 Å². The SMILES string of the molecule is C[Si](C)(CCl)OC(=O)C1=C(CBr)C[S+]([O-])[C@H]2C(NC(=O)COc3ccccc3)C(=O)N12. The van der Waals surface area contributed by atoms with Crippen molar-refractivity contribution in [1.82, 2.24) is 10.2 Å². The van der Waals surface area contributed by atoms with Crippen LogP contribution < -0.4 is 10.1 Å². The van der Waals surface area contributed by atoms with Crippen LogP contribution in [0.5, 0.6) is 5.75 Å². The van der Waals surface area contributed by atoms with E-state index < -0.39 is 48.7 Å². The maximum absolute atomic E-state index is 12.8. The first-order chi connectivity index (χ1) is 14.7. The van der Waals surface area contributed by atoms with Gasteiger partial charge in [-0.1, -0.05) is 34.1 Å². The number of ether oxygens (including phenoxy) is 1. The van der Waals surface area contributed by atoms with Crippen LogP contribution in [-0.4, -0.2) is 70.2 Å². The first-order valence-corrected chi connectivity index (χ1v) is 15.6. The number of β-lactam (4-membered cyclic amide) rings is 1. The molecule has 31 heavy (non-hydrogen) atoms. The number of para-hydroxylation sites is 1. The van der Waals surface area contributed by atoms with Crippen LogP contribution in [0.1, 0.15) is 0 Å². The molecule has 0 spiro atoms. The van der Waals surface area contributed by atoms with E-state index in [1.54, 1.807) is 37.4 Å². The van der Waals surface area contributed by atoms with Crippen LogP contribution in [0.3, 0.4) is 0 Å². The van der Waals surface area contributed by atoms with Gasteiger partial charge >= 0.3 is 5.97 Å². The number of hydrogen-bond acceptors (Lipinski definition) is 6. The molecule has 12 heteroatoms. The number of nitrogens with one attached hydrogen (secondary N) is 1. The van der Waals surface area contributed by atoms with Gasteiger partial charge in [0.05, 0.1) is 5.50 Å². The molecule has 2 heterocycles. The Bertz CT molecular complexity index is 903. The number of amides is 2. The van der Waals surface area contributed by atoms with Crippen LogP contribution in [0.2, 0.25) is 13.1 Å². The van der Waals surface area contributed by atoms with Crippen molar-refractivity contribution < 1.29 is 28.1 Å². The molecular weight excluding hydrogens is 528 g/mol. The molecule has 2 aliphatic rings. The predicted molar refractivity (Wildman–Crippen MR) is 123 cm³/mol. The zero-order chi connectivity index (χ0) is 22.8. The fraction of sp³-hybridized carbons (Fsp3) is 0.421. The van der Waals surface area contributed by atoms with Gasteiger partial charge in [-0.3, -0.25) is 14.5 Å². The van der Waals surface area contributed by atoms with Crippen molar-refractivity contribution in [3.05, 3.63) is 41.6 Å². The second-order valence-corrected chi connectivity index (χ2v) is 14.5. The van der Waals surface area contributed by atoms with Crippen molar-refractivity contribution in [1.29, 1.82) is 0 Å². The first kappa shape index (κ1) is 24.1. The van der Waals surface area contributed by atoms with Crippen molar-refractivity contribution >= 4 is 64.8 Å². The summed E-state index contributed by atoms with van der Waals surface area (Å²) in [6, 6.07) is 7.78. The number of benzene rings is 1. The standard InChI is InChI=1S/C19H22BrClN2O6SSi/c1-31(2,11-21)29-19(26)16-12(8-20)10-30(27)18-15(17(25)23(16)18)22-14(24)9-28-13-6-4-3-5-7-13/h3-7,15,18H,8-11H2,1-2H3,(H,22,24)/t15?,18-,30?/m0/s1. The fourth-order valence-electron chi connectivity index (χ4n) is 3.15. The molecule has 0 saturated carbocycles. The number of carbonyl (C=O) groups excluding carboxylic acids is 3. The Balaban J connectivity index is 1.71. The molecule has 1 saturated heterocycles. The van der Waals surface area contributed by atoms with E-state index in [2.05, 4.69) is 21.2 Å². The van der Waals surface area contributed by atoms with Crippen molar-refractivity contribution in [2.24, 2.45) is 0 Å². The number of alkyl halides is 2. The predicted octanol–water partition coefficient (Wildman–Crippen LogP) is 1.66. The van der Waals surface area contributed by atoms with Crippen molar-refractivity contribution in [2.45, 2.75) is 24.5 Å². The Labute approximate surface area is 197 Å². The highest BCUT2D eigenvalue weighted by Crippen LogP contribution is 2.38. The third kappa shape index (κ3) is 5.28. The van der Waals surface area contributed by atoms with E-state index in [9.17, 15) is 18.9 Å². The van der Waals surface area contributed by atoms with Gasteiger partial charge in [0.1, 0.15) is 17.2 Å². The molecular formula is C19H22BrClN2O6SSi. The zero-order valence-corrected chi connectivity index (χ0v) is 21.1.